The minimum absolute atomic E-state index is 0.0505. The van der Waals surface area contributed by atoms with Gasteiger partial charge in [-0.05, 0) is 36.8 Å². The number of anilines is 1. The third-order valence-electron chi connectivity index (χ3n) is 3.40. The third-order valence-corrected chi connectivity index (χ3v) is 3.67. The number of carbonyl (C=O) groups is 2. The molecular formula is C16H17ClN2O2. The largest absolute Gasteiger partial charge is 0.333 e. The van der Waals surface area contributed by atoms with Crippen molar-refractivity contribution in [2.45, 2.75) is 6.42 Å². The van der Waals surface area contributed by atoms with Crippen LogP contribution in [0.25, 0.3) is 0 Å². The van der Waals surface area contributed by atoms with E-state index in [0.29, 0.717) is 29.4 Å². The van der Waals surface area contributed by atoms with Crippen LogP contribution in [0.1, 0.15) is 16.8 Å². The molecule has 1 aromatic carbocycles. The zero-order chi connectivity index (χ0) is 15.4. The molecule has 0 unspecified atom stereocenters. The van der Waals surface area contributed by atoms with Gasteiger partial charge in [0.25, 0.3) is 5.91 Å². The highest BCUT2D eigenvalue weighted by Crippen LogP contribution is 2.18. The molecule has 1 heterocycles. The average Bonchev–Trinajstić information content (AvgIpc) is 2.53. The summed E-state index contributed by atoms with van der Waals surface area (Å²) in [5.74, 6) is -0.243. The molecule has 0 N–H and O–H groups in total. The molecule has 1 aliphatic heterocycles. The van der Waals surface area contributed by atoms with E-state index in [9.17, 15) is 9.59 Å². The monoisotopic (exact) mass is 304 g/mol. The van der Waals surface area contributed by atoms with E-state index in [1.807, 2.05) is 6.08 Å². The van der Waals surface area contributed by atoms with Crippen molar-refractivity contribution in [3.8, 4) is 0 Å². The number of hydrogen-bond donors (Lipinski definition) is 0. The summed E-state index contributed by atoms with van der Waals surface area (Å²) in [5.41, 5.74) is 1.30. The van der Waals surface area contributed by atoms with Crippen molar-refractivity contribution in [3.05, 3.63) is 53.6 Å². The number of hydrogen-bond acceptors (Lipinski definition) is 2. The smallest absolute Gasteiger partial charge is 0.254 e. The Morgan fingerprint density at radius 2 is 2.00 bits per heavy atom. The Labute approximate surface area is 129 Å². The second-order valence-corrected chi connectivity index (χ2v) is 5.30. The standard InChI is InChI=1S/C16H17ClN2O2/c1-3-15(20)18(2)14-8-6-12(7-9-14)16(21)19-10-4-5-13(17)11-19/h3,5-9H,1,4,10-11H2,2H3. The minimum Gasteiger partial charge on any atom is -0.333 e. The molecular weight excluding hydrogens is 288 g/mol. The summed E-state index contributed by atoms with van der Waals surface area (Å²) < 4.78 is 0. The fourth-order valence-electron chi connectivity index (χ4n) is 2.15. The molecule has 0 fully saturated rings. The summed E-state index contributed by atoms with van der Waals surface area (Å²) in [7, 11) is 1.66. The van der Waals surface area contributed by atoms with Crippen LogP contribution >= 0.6 is 11.6 Å². The maximum absolute atomic E-state index is 12.4. The minimum atomic E-state index is -0.193. The van der Waals surface area contributed by atoms with Crippen LogP contribution in [0.4, 0.5) is 5.69 Å². The molecule has 21 heavy (non-hydrogen) atoms. The van der Waals surface area contributed by atoms with Gasteiger partial charge in [-0.1, -0.05) is 24.3 Å². The molecule has 0 aromatic heterocycles. The molecule has 1 aliphatic rings. The normalized spacial score (nSPS) is 14.4. The maximum atomic E-state index is 12.4. The first-order valence-corrected chi connectivity index (χ1v) is 7.04. The third kappa shape index (κ3) is 3.52. The zero-order valence-corrected chi connectivity index (χ0v) is 12.6. The van der Waals surface area contributed by atoms with Gasteiger partial charge in [-0.15, -0.1) is 0 Å². The lowest BCUT2D eigenvalue weighted by atomic mass is 10.1. The van der Waals surface area contributed by atoms with Gasteiger partial charge >= 0.3 is 0 Å². The molecule has 2 amide bonds. The van der Waals surface area contributed by atoms with Crippen molar-refractivity contribution in [1.29, 1.82) is 0 Å². The van der Waals surface area contributed by atoms with E-state index in [4.69, 9.17) is 11.6 Å². The molecule has 4 nitrogen and oxygen atoms in total. The number of likely N-dealkylation sites (N-methyl/N-ethyl adjacent to an activating group) is 1. The Hall–Kier alpha value is -2.07. The predicted molar refractivity (Wildman–Crippen MR) is 84.5 cm³/mol. The van der Waals surface area contributed by atoms with Crippen molar-refractivity contribution in [1.82, 2.24) is 4.90 Å². The molecule has 0 aliphatic carbocycles. The number of benzene rings is 1. The average molecular weight is 305 g/mol. The highest BCUT2D eigenvalue weighted by Gasteiger charge is 2.19. The molecule has 0 saturated heterocycles. The van der Waals surface area contributed by atoms with Gasteiger partial charge in [0.15, 0.2) is 0 Å². The second kappa shape index (κ2) is 6.59. The lowest BCUT2D eigenvalue weighted by molar-refractivity contribution is -0.113. The van der Waals surface area contributed by atoms with Crippen molar-refractivity contribution in [2.24, 2.45) is 0 Å². The van der Waals surface area contributed by atoms with Crippen LogP contribution in [0.5, 0.6) is 0 Å². The van der Waals surface area contributed by atoms with Crippen LogP contribution in [0.3, 0.4) is 0 Å². The highest BCUT2D eigenvalue weighted by molar-refractivity contribution is 6.30. The van der Waals surface area contributed by atoms with E-state index in [-0.39, 0.29) is 11.8 Å². The Morgan fingerprint density at radius 3 is 2.57 bits per heavy atom. The molecule has 110 valence electrons. The summed E-state index contributed by atoms with van der Waals surface area (Å²) in [6, 6.07) is 6.93. The summed E-state index contributed by atoms with van der Waals surface area (Å²) in [6.07, 6.45) is 3.96. The van der Waals surface area contributed by atoms with Crippen LogP contribution in [0, 0.1) is 0 Å². The van der Waals surface area contributed by atoms with Crippen molar-refractivity contribution in [2.75, 3.05) is 25.0 Å². The van der Waals surface area contributed by atoms with Crippen LogP contribution in [0.15, 0.2) is 48.0 Å². The molecule has 5 heteroatoms. The zero-order valence-electron chi connectivity index (χ0n) is 11.9. The summed E-state index contributed by atoms with van der Waals surface area (Å²) in [5, 5.41) is 0.697. The Kier molecular flexibility index (Phi) is 4.81. The van der Waals surface area contributed by atoms with E-state index < -0.39 is 0 Å². The lowest BCUT2D eigenvalue weighted by Crippen LogP contribution is -2.35. The van der Waals surface area contributed by atoms with Crippen LogP contribution < -0.4 is 4.90 Å². The highest BCUT2D eigenvalue weighted by atomic mass is 35.5. The molecule has 2 rings (SSSR count). The van der Waals surface area contributed by atoms with Crippen molar-refractivity contribution in [3.63, 3.8) is 0 Å². The number of nitrogens with zero attached hydrogens (tertiary/aromatic N) is 2. The number of rotatable bonds is 3. The van der Waals surface area contributed by atoms with Gasteiger partial charge in [-0.2, -0.15) is 0 Å². The molecule has 0 radical (unpaired) electrons. The van der Waals surface area contributed by atoms with Crippen molar-refractivity contribution >= 4 is 29.1 Å². The van der Waals surface area contributed by atoms with Gasteiger partial charge in [0.2, 0.25) is 5.91 Å². The van der Waals surface area contributed by atoms with E-state index in [2.05, 4.69) is 6.58 Å². The second-order valence-electron chi connectivity index (χ2n) is 4.81. The van der Waals surface area contributed by atoms with E-state index in [1.165, 1.54) is 11.0 Å². The quantitative estimate of drug-likeness (QED) is 0.806. The van der Waals surface area contributed by atoms with Crippen LogP contribution in [0.2, 0.25) is 0 Å². The van der Waals surface area contributed by atoms with E-state index in [1.54, 1.807) is 36.2 Å². The molecule has 0 saturated carbocycles. The Morgan fingerprint density at radius 1 is 1.33 bits per heavy atom. The number of carbonyl (C=O) groups excluding carboxylic acids is 2. The fourth-order valence-corrected chi connectivity index (χ4v) is 2.40. The van der Waals surface area contributed by atoms with Crippen molar-refractivity contribution < 1.29 is 9.59 Å². The lowest BCUT2D eigenvalue weighted by Gasteiger charge is -2.25. The van der Waals surface area contributed by atoms with Gasteiger partial charge in [-0.3, -0.25) is 9.59 Å². The van der Waals surface area contributed by atoms with Crippen LogP contribution in [-0.4, -0.2) is 36.9 Å². The van der Waals surface area contributed by atoms with Gasteiger partial charge < -0.3 is 9.80 Å². The SMILES string of the molecule is C=CC(=O)N(C)c1ccc(C(=O)N2CCC=C(Cl)C2)cc1. The van der Waals surface area contributed by atoms with Gasteiger partial charge in [0.1, 0.15) is 0 Å². The van der Waals surface area contributed by atoms with Gasteiger partial charge in [-0.25, -0.2) is 0 Å². The first kappa shape index (κ1) is 15.3. The molecule has 1 aromatic rings. The fraction of sp³-hybridized carbons (Fsp3) is 0.250. The number of amides is 2. The predicted octanol–water partition coefficient (Wildman–Crippen LogP) is 2.80. The Bertz CT molecular complexity index is 593. The maximum Gasteiger partial charge on any atom is 0.254 e. The molecule has 0 atom stereocenters. The first-order valence-electron chi connectivity index (χ1n) is 6.67. The number of halogens is 1. The van der Waals surface area contributed by atoms with Gasteiger partial charge in [0.05, 0.1) is 6.54 Å². The van der Waals surface area contributed by atoms with Crippen LogP contribution in [-0.2, 0) is 4.79 Å². The van der Waals surface area contributed by atoms with Gasteiger partial charge in [0, 0.05) is 29.9 Å². The topological polar surface area (TPSA) is 40.6 Å². The summed E-state index contributed by atoms with van der Waals surface area (Å²) >= 11 is 5.97. The van der Waals surface area contributed by atoms with E-state index >= 15 is 0 Å². The first-order chi connectivity index (χ1) is 10.0. The molecule has 0 spiro atoms. The summed E-state index contributed by atoms with van der Waals surface area (Å²) in [4.78, 5) is 27.1. The van der Waals surface area contributed by atoms with E-state index in [0.717, 1.165) is 6.42 Å². The summed E-state index contributed by atoms with van der Waals surface area (Å²) in [6.45, 7) is 4.58. The molecule has 0 bridgehead atoms. The Balaban J connectivity index is 2.12.